The molecule has 0 unspecified atom stereocenters. The van der Waals surface area contributed by atoms with Gasteiger partial charge in [-0.3, -0.25) is 0 Å². The van der Waals surface area contributed by atoms with Crippen LogP contribution in [0.4, 0.5) is 0 Å². The Bertz CT molecular complexity index is 8070. The summed E-state index contributed by atoms with van der Waals surface area (Å²) in [4.78, 5) is 31.4. The van der Waals surface area contributed by atoms with E-state index in [2.05, 4.69) is 328 Å². The van der Waals surface area contributed by atoms with Gasteiger partial charge < -0.3 is 4.57 Å². The molecule has 0 aliphatic heterocycles. The van der Waals surface area contributed by atoms with Crippen molar-refractivity contribution >= 4 is 97.9 Å². The van der Waals surface area contributed by atoms with Crippen LogP contribution in [0.2, 0.25) is 0 Å². The Labute approximate surface area is 740 Å². The van der Waals surface area contributed by atoms with Gasteiger partial charge in [0.15, 0.2) is 18.8 Å². The highest BCUT2D eigenvalue weighted by atomic mass is 32.1. The van der Waals surface area contributed by atoms with Gasteiger partial charge in [0.2, 0.25) is 0 Å². The standard InChI is InChI=1S/C59H40N3OP.C59H37N3S/c63-64(48-26-12-4-13-27-48,49-28-14-5-15-29-49)50-35-32-42(33-36-50)54-40-55(62-59(61-54)44-22-10-3-11-23-44)47-25-16-24-45(38-47)46-34-37-52-56(39-46)60-58(43-20-8-2-9-21-43)53-31-17-30-51(57(52)53)41-18-6-1-7-19-41;1-4-15-38(16-5-1)46-24-13-27-51-56(46)50-34-33-44(36-54(50)60-57(51)41-17-6-2-7-18-41)43-21-12-22-45(35-43)53-37-52(61-59(62-53)42-19-8-3-9-20-42)40-31-29-39(30-32-40)47-25-14-26-49-48-23-10-11-28-55(48)63-58(47)49/h1-40H;1-37H. The van der Waals surface area contributed by atoms with Crippen molar-refractivity contribution in [2.45, 2.75) is 0 Å². The van der Waals surface area contributed by atoms with Crippen LogP contribution in [-0.2, 0) is 4.57 Å². The second-order valence-electron chi connectivity index (χ2n) is 31.8. The smallest absolute Gasteiger partial charge is 0.171 e. The number of hydrogen-bond donors (Lipinski definition) is 0. The van der Waals surface area contributed by atoms with Gasteiger partial charge in [0, 0.05) is 113 Å². The lowest BCUT2D eigenvalue weighted by atomic mass is 9.92. The van der Waals surface area contributed by atoms with E-state index in [0.29, 0.717) is 11.6 Å². The fourth-order valence-electron chi connectivity index (χ4n) is 17.8. The van der Waals surface area contributed by atoms with Crippen molar-refractivity contribution in [3.8, 4) is 146 Å². The summed E-state index contributed by atoms with van der Waals surface area (Å²) < 4.78 is 17.8. The number of pyridine rings is 2. The van der Waals surface area contributed by atoms with Gasteiger partial charge in [0.1, 0.15) is 0 Å². The second kappa shape index (κ2) is 33.6. The fraction of sp³-hybridized carbons (Fsp3) is 0. The van der Waals surface area contributed by atoms with Crippen LogP contribution < -0.4 is 15.9 Å². The van der Waals surface area contributed by atoms with E-state index >= 15 is 4.57 Å². The predicted octanol–water partition coefficient (Wildman–Crippen LogP) is 30.0. The Morgan fingerprint density at radius 2 is 0.488 bits per heavy atom. The Kier molecular flexibility index (Phi) is 20.4. The van der Waals surface area contributed by atoms with E-state index in [4.69, 9.17) is 29.9 Å². The van der Waals surface area contributed by atoms with Gasteiger partial charge in [-0.05, 0) is 98.1 Å². The Hall–Kier alpha value is -16.1. The summed E-state index contributed by atoms with van der Waals surface area (Å²) in [6.45, 7) is 0. The van der Waals surface area contributed by atoms with Crippen LogP contribution in [0.25, 0.3) is 209 Å². The zero-order valence-electron chi connectivity index (χ0n) is 68.9. The van der Waals surface area contributed by atoms with Crippen LogP contribution in [0.1, 0.15) is 0 Å². The van der Waals surface area contributed by atoms with Crippen LogP contribution >= 0.6 is 18.5 Å². The number of hydrogen-bond acceptors (Lipinski definition) is 8. The van der Waals surface area contributed by atoms with Crippen LogP contribution in [0.5, 0.6) is 0 Å². The van der Waals surface area contributed by atoms with Gasteiger partial charge in [0.25, 0.3) is 0 Å². The van der Waals surface area contributed by atoms with E-state index in [1.165, 1.54) is 64.3 Å². The summed E-state index contributed by atoms with van der Waals surface area (Å²) in [5.74, 6) is 1.32. The molecule has 5 aromatic heterocycles. The second-order valence-corrected chi connectivity index (χ2v) is 35.6. The highest BCUT2D eigenvalue weighted by molar-refractivity contribution is 7.85. The fourth-order valence-corrected chi connectivity index (χ4v) is 21.7. The SMILES string of the molecule is O=P(c1ccccc1)(c1ccccc1)c1ccc(-c2cc(-c3cccc(-c4ccc5c(c4)nc(-c4ccccc4)c4cccc(-c6ccccc6)c45)c3)nc(-c3ccccc3)n2)cc1.c1ccc(-c2nc(-c3ccc(-c4cccc5c4sc4ccccc45)cc3)cc(-c3cccc(-c4ccc5c(c4)nc(-c4ccccc4)c4cccc(-c6ccccc6)c45)c3)n2)cc1. The molecule has 0 saturated heterocycles. The van der Waals surface area contributed by atoms with Crippen LogP contribution in [0.15, 0.2) is 467 Å². The first-order valence-corrected chi connectivity index (χ1v) is 45.2. The molecule has 23 aromatic rings. The summed E-state index contributed by atoms with van der Waals surface area (Å²) >= 11 is 1.86. The van der Waals surface area contributed by atoms with E-state index in [9.17, 15) is 0 Å². The maximum atomic E-state index is 15.1. The number of benzene rings is 18. The van der Waals surface area contributed by atoms with Gasteiger partial charge in [-0.2, -0.15) is 0 Å². The molecule has 7 nitrogen and oxygen atoms in total. The molecule has 127 heavy (non-hydrogen) atoms. The van der Waals surface area contributed by atoms with E-state index < -0.39 is 7.14 Å². The summed E-state index contributed by atoms with van der Waals surface area (Å²) in [5, 5.41) is 11.9. The van der Waals surface area contributed by atoms with Crippen molar-refractivity contribution in [3.63, 3.8) is 0 Å². The van der Waals surface area contributed by atoms with E-state index in [0.717, 1.165) is 149 Å². The summed E-state index contributed by atoms with van der Waals surface area (Å²) in [6, 6.07) is 162. The number of aromatic nitrogens is 6. The molecule has 596 valence electrons. The monoisotopic (exact) mass is 1660 g/mol. The van der Waals surface area contributed by atoms with Crippen molar-refractivity contribution in [3.05, 3.63) is 467 Å². The Morgan fingerprint density at radius 3 is 0.929 bits per heavy atom. The highest BCUT2D eigenvalue weighted by Gasteiger charge is 2.30. The minimum Gasteiger partial charge on any atom is -0.309 e. The van der Waals surface area contributed by atoms with Gasteiger partial charge in [-0.25, -0.2) is 29.9 Å². The molecule has 5 heterocycles. The summed E-state index contributed by atoms with van der Waals surface area (Å²) in [6.07, 6.45) is 0. The Morgan fingerprint density at radius 1 is 0.189 bits per heavy atom. The van der Waals surface area contributed by atoms with Crippen LogP contribution in [-0.4, -0.2) is 29.9 Å². The number of nitrogens with zero attached hydrogens (tertiary/aromatic N) is 6. The van der Waals surface area contributed by atoms with Gasteiger partial charge in [-0.1, -0.05) is 425 Å². The number of fused-ring (bicyclic) bond motifs is 9. The lowest BCUT2D eigenvalue weighted by molar-refractivity contribution is 0.592. The molecule has 0 aliphatic carbocycles. The zero-order valence-corrected chi connectivity index (χ0v) is 70.6. The third-order valence-corrected chi connectivity index (χ3v) is 28.4. The quantitative estimate of drug-likeness (QED) is 0.0702. The van der Waals surface area contributed by atoms with Crippen molar-refractivity contribution in [2.75, 3.05) is 0 Å². The molecule has 0 fully saturated rings. The van der Waals surface area contributed by atoms with E-state index in [1.807, 2.05) is 151 Å². The molecule has 0 spiro atoms. The topological polar surface area (TPSA) is 94.4 Å². The molecule has 18 aromatic carbocycles. The molecule has 0 bridgehead atoms. The van der Waals surface area contributed by atoms with Crippen LogP contribution in [0, 0.1) is 0 Å². The first-order chi connectivity index (χ1) is 62.8. The molecule has 23 rings (SSSR count). The third-order valence-electron chi connectivity index (χ3n) is 24.1. The molecule has 0 radical (unpaired) electrons. The molecule has 0 saturated carbocycles. The lowest BCUT2D eigenvalue weighted by Gasteiger charge is -2.20. The van der Waals surface area contributed by atoms with Gasteiger partial charge in [-0.15, -0.1) is 11.3 Å². The molecule has 0 atom stereocenters. The molecule has 0 aliphatic rings. The first kappa shape index (κ1) is 77.0. The molecule has 0 amide bonds. The zero-order chi connectivity index (χ0) is 84.6. The third kappa shape index (κ3) is 14.9. The average Bonchev–Trinajstić information content (AvgIpc) is 1.58. The highest BCUT2D eigenvalue weighted by Crippen LogP contribution is 2.47. The first-order valence-electron chi connectivity index (χ1n) is 42.7. The summed E-state index contributed by atoms with van der Waals surface area (Å²) in [5.41, 5.74) is 26.6. The molecular weight excluding hydrogens is 1580 g/mol. The van der Waals surface area contributed by atoms with Crippen molar-refractivity contribution in [2.24, 2.45) is 0 Å². The molecular formula is C118H77N6OPS. The minimum absolute atomic E-state index is 0.631. The van der Waals surface area contributed by atoms with Crippen LogP contribution in [0.3, 0.4) is 0 Å². The van der Waals surface area contributed by atoms with E-state index in [1.54, 1.807) is 0 Å². The van der Waals surface area contributed by atoms with Crippen molar-refractivity contribution in [1.82, 2.24) is 29.9 Å². The normalized spacial score (nSPS) is 11.5. The average molecular weight is 1660 g/mol. The van der Waals surface area contributed by atoms with Gasteiger partial charge in [0.05, 0.1) is 45.2 Å². The lowest BCUT2D eigenvalue weighted by Crippen LogP contribution is -2.24. The summed E-state index contributed by atoms with van der Waals surface area (Å²) in [7, 11) is -3.14. The molecule has 0 N–H and O–H groups in total. The van der Waals surface area contributed by atoms with Crippen molar-refractivity contribution in [1.29, 1.82) is 0 Å². The van der Waals surface area contributed by atoms with Gasteiger partial charge >= 0.3 is 0 Å². The maximum Gasteiger partial charge on any atom is 0.171 e. The number of rotatable bonds is 16. The van der Waals surface area contributed by atoms with E-state index in [-0.39, 0.29) is 0 Å². The minimum atomic E-state index is -3.14. The number of thiophene rings is 1. The van der Waals surface area contributed by atoms with Crippen molar-refractivity contribution < 1.29 is 4.57 Å². The molecule has 9 heteroatoms. The maximum absolute atomic E-state index is 15.1. The largest absolute Gasteiger partial charge is 0.309 e. The predicted molar refractivity (Wildman–Crippen MR) is 533 cm³/mol. The Balaban J connectivity index is 0.000000150.